The summed E-state index contributed by atoms with van der Waals surface area (Å²) in [6.45, 7) is 3.56. The van der Waals surface area contributed by atoms with E-state index in [4.69, 9.17) is 16.7 Å². The maximum Gasteiger partial charge on any atom is 0.306 e. The third-order valence-electron chi connectivity index (χ3n) is 2.63. The number of aliphatic carboxylic acids is 1. The van der Waals surface area contributed by atoms with Gasteiger partial charge in [-0.15, -0.1) is 11.3 Å². The Morgan fingerprint density at radius 3 is 2.68 bits per heavy atom. The second kappa shape index (κ2) is 6.69. The van der Waals surface area contributed by atoms with Gasteiger partial charge in [0.2, 0.25) is 10.0 Å². The number of sulfonamides is 1. The number of thiophene rings is 1. The molecule has 0 fully saturated rings. The minimum absolute atomic E-state index is 0.182. The maximum absolute atomic E-state index is 11.9. The molecule has 1 aromatic rings. The molecule has 0 saturated heterocycles. The number of nitrogens with one attached hydrogen (secondary N) is 1. The van der Waals surface area contributed by atoms with Crippen LogP contribution in [-0.2, 0) is 14.8 Å². The van der Waals surface area contributed by atoms with Gasteiger partial charge in [-0.25, -0.2) is 13.1 Å². The number of hydrogen-bond donors (Lipinski definition) is 2. The summed E-state index contributed by atoms with van der Waals surface area (Å²) in [5, 5.41) is 8.70. The van der Waals surface area contributed by atoms with Crippen molar-refractivity contribution in [2.75, 3.05) is 6.54 Å². The van der Waals surface area contributed by atoms with Crippen molar-refractivity contribution in [3.63, 3.8) is 0 Å². The van der Waals surface area contributed by atoms with Crippen LogP contribution in [0.25, 0.3) is 0 Å². The molecule has 1 heterocycles. The van der Waals surface area contributed by atoms with Crippen molar-refractivity contribution in [3.05, 3.63) is 16.0 Å². The molecule has 2 N–H and O–H groups in total. The molecule has 0 aliphatic rings. The third kappa shape index (κ3) is 4.76. The molecule has 0 radical (unpaired) electrons. The summed E-state index contributed by atoms with van der Waals surface area (Å²) in [7, 11) is -3.54. The molecule has 108 valence electrons. The van der Waals surface area contributed by atoms with Crippen LogP contribution in [0.1, 0.15) is 25.3 Å². The van der Waals surface area contributed by atoms with E-state index in [0.717, 1.165) is 16.9 Å². The van der Waals surface area contributed by atoms with Gasteiger partial charge in [0.1, 0.15) is 4.21 Å². The second-order valence-electron chi connectivity index (χ2n) is 4.30. The lowest BCUT2D eigenvalue weighted by Gasteiger charge is -2.07. The molecule has 0 saturated carbocycles. The fourth-order valence-electron chi connectivity index (χ4n) is 1.37. The predicted octanol–water partition coefficient (Wildman–Crippen LogP) is 2.49. The van der Waals surface area contributed by atoms with E-state index in [0.29, 0.717) is 17.2 Å². The van der Waals surface area contributed by atoms with Crippen LogP contribution in [0, 0.1) is 12.8 Å². The molecule has 19 heavy (non-hydrogen) atoms. The van der Waals surface area contributed by atoms with Crippen molar-refractivity contribution in [2.45, 2.75) is 30.9 Å². The van der Waals surface area contributed by atoms with Gasteiger partial charge in [-0.2, -0.15) is 0 Å². The Hall–Kier alpha value is -0.630. The summed E-state index contributed by atoms with van der Waals surface area (Å²) in [6, 6.07) is 1.52. The van der Waals surface area contributed by atoms with Crippen LogP contribution in [0.5, 0.6) is 0 Å². The summed E-state index contributed by atoms with van der Waals surface area (Å²) in [6.07, 6.45) is 0.910. The van der Waals surface area contributed by atoms with E-state index in [-0.39, 0.29) is 10.8 Å². The second-order valence-corrected chi connectivity index (χ2v) is 7.95. The number of halogens is 1. The number of hydrogen-bond acceptors (Lipinski definition) is 4. The highest BCUT2D eigenvalue weighted by atomic mass is 35.5. The zero-order valence-corrected chi connectivity index (χ0v) is 13.0. The first-order valence-electron chi connectivity index (χ1n) is 5.72. The van der Waals surface area contributed by atoms with Gasteiger partial charge in [-0.1, -0.05) is 18.5 Å². The Morgan fingerprint density at radius 2 is 2.21 bits per heavy atom. The fourth-order valence-corrected chi connectivity index (χ4v) is 4.20. The van der Waals surface area contributed by atoms with Crippen molar-refractivity contribution in [1.29, 1.82) is 0 Å². The Labute approximate surface area is 121 Å². The highest BCUT2D eigenvalue weighted by Crippen LogP contribution is 2.29. The van der Waals surface area contributed by atoms with Crippen molar-refractivity contribution < 1.29 is 18.3 Å². The Bertz CT molecular complexity index is 534. The molecule has 1 rings (SSSR count). The van der Waals surface area contributed by atoms with Crippen molar-refractivity contribution in [2.24, 2.45) is 5.92 Å². The van der Waals surface area contributed by atoms with E-state index in [9.17, 15) is 13.2 Å². The quantitative estimate of drug-likeness (QED) is 0.754. The zero-order chi connectivity index (χ0) is 14.6. The number of rotatable bonds is 7. The first kappa shape index (κ1) is 16.4. The molecule has 1 unspecified atom stereocenters. The monoisotopic (exact) mass is 325 g/mol. The molecule has 1 atom stereocenters. The summed E-state index contributed by atoms with van der Waals surface area (Å²) >= 11 is 6.85. The molecule has 0 bridgehead atoms. The first-order valence-corrected chi connectivity index (χ1v) is 8.40. The van der Waals surface area contributed by atoms with Gasteiger partial charge in [0.15, 0.2) is 0 Å². The van der Waals surface area contributed by atoms with Gasteiger partial charge in [-0.05, 0) is 31.4 Å². The van der Waals surface area contributed by atoms with Crippen molar-refractivity contribution in [3.8, 4) is 0 Å². The minimum atomic E-state index is -3.54. The molecular weight excluding hydrogens is 310 g/mol. The van der Waals surface area contributed by atoms with Gasteiger partial charge in [0.25, 0.3) is 0 Å². The highest BCUT2D eigenvalue weighted by Gasteiger charge is 2.18. The molecule has 0 spiro atoms. The number of aryl methyl sites for hydroxylation is 1. The van der Waals surface area contributed by atoms with Crippen LogP contribution in [0.15, 0.2) is 10.3 Å². The van der Waals surface area contributed by atoms with Gasteiger partial charge >= 0.3 is 5.97 Å². The number of carboxylic acids is 1. The van der Waals surface area contributed by atoms with Gasteiger partial charge in [0, 0.05) is 6.54 Å². The Morgan fingerprint density at radius 1 is 1.58 bits per heavy atom. The van der Waals surface area contributed by atoms with E-state index >= 15 is 0 Å². The molecule has 5 nitrogen and oxygen atoms in total. The van der Waals surface area contributed by atoms with E-state index in [1.54, 1.807) is 13.8 Å². The van der Waals surface area contributed by atoms with Crippen LogP contribution >= 0.6 is 22.9 Å². The van der Waals surface area contributed by atoms with Crippen molar-refractivity contribution in [1.82, 2.24) is 4.72 Å². The van der Waals surface area contributed by atoms with Crippen LogP contribution in [0.4, 0.5) is 0 Å². The lowest BCUT2D eigenvalue weighted by Crippen LogP contribution is -2.24. The van der Waals surface area contributed by atoms with Crippen molar-refractivity contribution >= 4 is 38.9 Å². The zero-order valence-electron chi connectivity index (χ0n) is 10.6. The lowest BCUT2D eigenvalue weighted by atomic mass is 10.1. The first-order chi connectivity index (χ1) is 8.74. The molecule has 0 aliphatic carbocycles. The van der Waals surface area contributed by atoms with Crippen LogP contribution < -0.4 is 4.72 Å². The van der Waals surface area contributed by atoms with E-state index < -0.39 is 21.9 Å². The minimum Gasteiger partial charge on any atom is -0.481 e. The largest absolute Gasteiger partial charge is 0.481 e. The molecule has 8 heteroatoms. The highest BCUT2D eigenvalue weighted by molar-refractivity contribution is 7.91. The average Bonchev–Trinajstić information content (AvgIpc) is 2.65. The molecule has 0 amide bonds. The van der Waals surface area contributed by atoms with Crippen LogP contribution in [0.3, 0.4) is 0 Å². The number of carboxylic acid groups (broad SMARTS) is 1. The summed E-state index contributed by atoms with van der Waals surface area (Å²) in [5.41, 5.74) is 0.728. The van der Waals surface area contributed by atoms with E-state index in [2.05, 4.69) is 4.72 Å². The average molecular weight is 326 g/mol. The fraction of sp³-hybridized carbons (Fsp3) is 0.545. The van der Waals surface area contributed by atoms with E-state index in [1.165, 1.54) is 6.07 Å². The molecular formula is C11H16ClNO4S2. The Kier molecular flexibility index (Phi) is 5.79. The van der Waals surface area contributed by atoms with Gasteiger partial charge in [-0.3, -0.25) is 4.79 Å². The summed E-state index contributed by atoms with van der Waals surface area (Å²) < 4.78 is 26.9. The molecule has 0 aromatic carbocycles. The van der Waals surface area contributed by atoms with Crippen LogP contribution in [0.2, 0.25) is 4.34 Å². The maximum atomic E-state index is 11.9. The summed E-state index contributed by atoms with van der Waals surface area (Å²) in [4.78, 5) is 10.6. The summed E-state index contributed by atoms with van der Waals surface area (Å²) in [5.74, 6) is -1.34. The molecule has 1 aromatic heterocycles. The van der Waals surface area contributed by atoms with E-state index in [1.807, 2.05) is 0 Å². The normalized spacial score (nSPS) is 13.4. The Balaban J connectivity index is 2.50. The lowest BCUT2D eigenvalue weighted by molar-refractivity contribution is -0.141. The van der Waals surface area contributed by atoms with Gasteiger partial charge < -0.3 is 5.11 Å². The smallest absolute Gasteiger partial charge is 0.306 e. The van der Waals surface area contributed by atoms with Gasteiger partial charge in [0.05, 0.1) is 10.3 Å². The predicted molar refractivity (Wildman–Crippen MR) is 75.3 cm³/mol. The molecule has 0 aliphatic heterocycles. The SMILES string of the molecule is Cc1cc(S(=O)(=O)NCCCC(C)C(=O)O)sc1Cl. The number of carbonyl (C=O) groups is 1. The van der Waals surface area contributed by atoms with Crippen LogP contribution in [-0.4, -0.2) is 26.0 Å². The topological polar surface area (TPSA) is 83.5 Å². The standard InChI is InChI=1S/C11H16ClNO4S2/c1-7(11(14)15)4-3-5-13-19(16,17)9-6-8(2)10(12)18-9/h6-7,13H,3-5H2,1-2H3,(H,14,15). The third-order valence-corrected chi connectivity index (χ3v) is 6.12.